The number of para-hydroxylation sites is 1. The van der Waals surface area contributed by atoms with E-state index in [-0.39, 0.29) is 0 Å². The second kappa shape index (κ2) is 4.98. The molecule has 94 valence electrons. The first kappa shape index (κ1) is 11.5. The maximum Gasteiger partial charge on any atom is 0.0666 e. The van der Waals surface area contributed by atoms with Crippen LogP contribution in [-0.2, 0) is 0 Å². The Kier molecular flexibility index (Phi) is 3.02. The minimum Gasteiger partial charge on any atom is -0.355 e. The van der Waals surface area contributed by atoms with Crippen LogP contribution in [0.25, 0.3) is 5.69 Å². The van der Waals surface area contributed by atoms with Gasteiger partial charge in [-0.2, -0.15) is 5.10 Å². The van der Waals surface area contributed by atoms with Crippen LogP contribution in [0.4, 0.5) is 11.4 Å². The van der Waals surface area contributed by atoms with Gasteiger partial charge in [0.15, 0.2) is 0 Å². The van der Waals surface area contributed by atoms with E-state index in [1.807, 2.05) is 41.2 Å². The normalized spacial score (nSPS) is 10.4. The number of benzene rings is 2. The molecule has 0 fully saturated rings. The van der Waals surface area contributed by atoms with Crippen LogP contribution in [0, 0.1) is 6.92 Å². The number of nitrogens with zero attached hydrogens (tertiary/aromatic N) is 2. The Hall–Kier alpha value is -2.55. The standard InChI is InChI=1S/C16H15N3/c1-13-6-2-3-9-16(13)18-14-7-4-8-15(12-14)19-11-5-10-17-19/h2-12,18H,1H3. The van der Waals surface area contributed by atoms with Crippen molar-refractivity contribution >= 4 is 11.4 Å². The van der Waals surface area contributed by atoms with Crippen LogP contribution >= 0.6 is 0 Å². The Morgan fingerprint density at radius 2 is 1.89 bits per heavy atom. The second-order valence-corrected chi connectivity index (χ2v) is 4.44. The van der Waals surface area contributed by atoms with E-state index in [1.165, 1.54) is 5.56 Å². The lowest BCUT2D eigenvalue weighted by atomic mass is 10.2. The fraction of sp³-hybridized carbons (Fsp3) is 0.0625. The van der Waals surface area contributed by atoms with E-state index in [1.54, 1.807) is 6.20 Å². The van der Waals surface area contributed by atoms with Gasteiger partial charge in [-0.05, 0) is 42.8 Å². The molecule has 0 aliphatic carbocycles. The summed E-state index contributed by atoms with van der Waals surface area (Å²) >= 11 is 0. The number of rotatable bonds is 3. The Balaban J connectivity index is 1.90. The zero-order valence-electron chi connectivity index (χ0n) is 10.7. The van der Waals surface area contributed by atoms with Crippen molar-refractivity contribution < 1.29 is 0 Å². The molecule has 0 saturated heterocycles. The molecule has 1 N–H and O–H groups in total. The lowest BCUT2D eigenvalue weighted by molar-refractivity contribution is 0.881. The van der Waals surface area contributed by atoms with E-state index in [0.29, 0.717) is 0 Å². The molecule has 0 bridgehead atoms. The van der Waals surface area contributed by atoms with Gasteiger partial charge in [0, 0.05) is 23.8 Å². The Labute approximate surface area is 112 Å². The first-order valence-corrected chi connectivity index (χ1v) is 6.26. The number of hydrogen-bond acceptors (Lipinski definition) is 2. The molecule has 1 aromatic heterocycles. The first-order valence-electron chi connectivity index (χ1n) is 6.26. The van der Waals surface area contributed by atoms with Crippen molar-refractivity contribution in [2.24, 2.45) is 0 Å². The number of aryl methyl sites for hydroxylation is 1. The molecule has 0 radical (unpaired) electrons. The van der Waals surface area contributed by atoms with Crippen LogP contribution in [0.5, 0.6) is 0 Å². The summed E-state index contributed by atoms with van der Waals surface area (Å²) in [5, 5.41) is 7.67. The van der Waals surface area contributed by atoms with Gasteiger partial charge in [-0.1, -0.05) is 24.3 Å². The summed E-state index contributed by atoms with van der Waals surface area (Å²) < 4.78 is 1.85. The van der Waals surface area contributed by atoms with E-state index >= 15 is 0 Å². The Morgan fingerprint density at radius 3 is 2.68 bits per heavy atom. The third-order valence-corrected chi connectivity index (χ3v) is 3.04. The van der Waals surface area contributed by atoms with Gasteiger partial charge in [0.25, 0.3) is 0 Å². The molecule has 3 nitrogen and oxygen atoms in total. The number of hydrogen-bond donors (Lipinski definition) is 1. The van der Waals surface area contributed by atoms with Crippen molar-refractivity contribution in [2.75, 3.05) is 5.32 Å². The third-order valence-electron chi connectivity index (χ3n) is 3.04. The van der Waals surface area contributed by atoms with Crippen LogP contribution in [0.1, 0.15) is 5.56 Å². The molecule has 1 heterocycles. The van der Waals surface area contributed by atoms with E-state index < -0.39 is 0 Å². The molecule has 0 aliphatic heterocycles. The van der Waals surface area contributed by atoms with Crippen LogP contribution in [0.15, 0.2) is 67.0 Å². The van der Waals surface area contributed by atoms with Crippen LogP contribution in [0.2, 0.25) is 0 Å². The van der Waals surface area contributed by atoms with E-state index in [2.05, 4.69) is 41.6 Å². The minimum atomic E-state index is 1.04. The molecule has 3 aromatic rings. The van der Waals surface area contributed by atoms with Gasteiger partial charge in [-0.15, -0.1) is 0 Å². The van der Waals surface area contributed by atoms with Crippen molar-refractivity contribution in [3.63, 3.8) is 0 Å². The second-order valence-electron chi connectivity index (χ2n) is 4.44. The van der Waals surface area contributed by atoms with Crippen LogP contribution in [-0.4, -0.2) is 9.78 Å². The van der Waals surface area contributed by atoms with Gasteiger partial charge in [-0.25, -0.2) is 4.68 Å². The fourth-order valence-corrected chi connectivity index (χ4v) is 2.02. The quantitative estimate of drug-likeness (QED) is 0.762. The Bertz CT molecular complexity index is 672. The summed E-state index contributed by atoms with van der Waals surface area (Å²) in [4.78, 5) is 0. The molecular weight excluding hydrogens is 234 g/mol. The third kappa shape index (κ3) is 2.50. The lowest BCUT2D eigenvalue weighted by Crippen LogP contribution is -1.97. The van der Waals surface area contributed by atoms with Gasteiger partial charge < -0.3 is 5.32 Å². The van der Waals surface area contributed by atoms with Crippen molar-refractivity contribution in [1.29, 1.82) is 0 Å². The fourth-order valence-electron chi connectivity index (χ4n) is 2.02. The highest BCUT2D eigenvalue weighted by Gasteiger charge is 2.00. The highest BCUT2D eigenvalue weighted by molar-refractivity contribution is 5.64. The van der Waals surface area contributed by atoms with Gasteiger partial charge in [-0.3, -0.25) is 0 Å². The molecule has 2 aromatic carbocycles. The minimum absolute atomic E-state index is 1.04. The highest BCUT2D eigenvalue weighted by Crippen LogP contribution is 2.21. The molecule has 0 amide bonds. The topological polar surface area (TPSA) is 29.9 Å². The molecule has 0 saturated carbocycles. The summed E-state index contributed by atoms with van der Waals surface area (Å²) in [6, 6.07) is 18.4. The number of aromatic nitrogens is 2. The van der Waals surface area contributed by atoms with Gasteiger partial charge in [0.05, 0.1) is 5.69 Å². The number of anilines is 2. The SMILES string of the molecule is Cc1ccccc1Nc1cccc(-n2cccn2)c1. The van der Waals surface area contributed by atoms with Crippen molar-refractivity contribution in [2.45, 2.75) is 6.92 Å². The average molecular weight is 249 g/mol. The molecule has 0 aliphatic rings. The lowest BCUT2D eigenvalue weighted by Gasteiger charge is -2.10. The molecule has 0 atom stereocenters. The maximum absolute atomic E-state index is 4.24. The van der Waals surface area contributed by atoms with Gasteiger partial charge >= 0.3 is 0 Å². The van der Waals surface area contributed by atoms with Crippen LogP contribution in [0.3, 0.4) is 0 Å². The molecule has 3 heteroatoms. The maximum atomic E-state index is 4.24. The smallest absolute Gasteiger partial charge is 0.0666 e. The van der Waals surface area contributed by atoms with Crippen molar-refractivity contribution in [3.8, 4) is 5.69 Å². The first-order chi connectivity index (χ1) is 9.33. The molecular formula is C16H15N3. The average Bonchev–Trinajstić information content (AvgIpc) is 2.96. The summed E-state index contributed by atoms with van der Waals surface area (Å²) in [6.07, 6.45) is 3.72. The van der Waals surface area contributed by atoms with E-state index in [0.717, 1.165) is 17.1 Å². The van der Waals surface area contributed by atoms with Gasteiger partial charge in [0.1, 0.15) is 0 Å². The van der Waals surface area contributed by atoms with Crippen LogP contribution < -0.4 is 5.32 Å². The zero-order chi connectivity index (χ0) is 13.1. The predicted molar refractivity (Wildman–Crippen MR) is 78.0 cm³/mol. The molecule has 0 unspecified atom stereocenters. The largest absolute Gasteiger partial charge is 0.355 e. The molecule has 19 heavy (non-hydrogen) atoms. The summed E-state index contributed by atoms with van der Waals surface area (Å²) in [7, 11) is 0. The Morgan fingerprint density at radius 1 is 1.00 bits per heavy atom. The van der Waals surface area contributed by atoms with E-state index in [9.17, 15) is 0 Å². The summed E-state index contributed by atoms with van der Waals surface area (Å²) in [6.45, 7) is 2.10. The molecule has 0 spiro atoms. The summed E-state index contributed by atoms with van der Waals surface area (Å²) in [5.41, 5.74) is 4.46. The number of nitrogens with one attached hydrogen (secondary N) is 1. The van der Waals surface area contributed by atoms with Gasteiger partial charge in [0.2, 0.25) is 0 Å². The monoisotopic (exact) mass is 249 g/mol. The summed E-state index contributed by atoms with van der Waals surface area (Å²) in [5.74, 6) is 0. The highest BCUT2D eigenvalue weighted by atomic mass is 15.3. The zero-order valence-corrected chi connectivity index (χ0v) is 10.7. The van der Waals surface area contributed by atoms with E-state index in [4.69, 9.17) is 0 Å². The van der Waals surface area contributed by atoms with Crippen molar-refractivity contribution in [3.05, 3.63) is 72.6 Å². The predicted octanol–water partition coefficient (Wildman–Crippen LogP) is 3.92. The van der Waals surface area contributed by atoms with Crippen molar-refractivity contribution in [1.82, 2.24) is 9.78 Å². The molecule has 3 rings (SSSR count).